The van der Waals surface area contributed by atoms with Crippen molar-refractivity contribution >= 4 is 39.9 Å². The van der Waals surface area contributed by atoms with Crippen molar-refractivity contribution < 1.29 is 18.3 Å². The van der Waals surface area contributed by atoms with Crippen molar-refractivity contribution in [1.29, 1.82) is 0 Å². The molecular weight excluding hydrogens is 306 g/mol. The molecule has 0 bridgehead atoms. The molecule has 0 radical (unpaired) electrons. The topological polar surface area (TPSA) is 51.2 Å². The summed E-state index contributed by atoms with van der Waals surface area (Å²) in [6, 6.07) is 6.52. The van der Waals surface area contributed by atoms with Gasteiger partial charge in [-0.3, -0.25) is 0 Å². The molecule has 1 aromatic carbocycles. The lowest BCUT2D eigenvalue weighted by Gasteiger charge is -2.04. The van der Waals surface area contributed by atoms with Gasteiger partial charge in [0.25, 0.3) is 5.76 Å². The van der Waals surface area contributed by atoms with Crippen LogP contribution in [0.4, 0.5) is 19.6 Å². The number of anilines is 2. The molecule has 0 aliphatic heterocycles. The van der Waals surface area contributed by atoms with Crippen LogP contribution in [-0.2, 0) is 4.74 Å². The van der Waals surface area contributed by atoms with Gasteiger partial charge < -0.3 is 10.1 Å². The van der Waals surface area contributed by atoms with E-state index in [2.05, 4.69) is 15.0 Å². The summed E-state index contributed by atoms with van der Waals surface area (Å²) in [7, 11) is 1.29. The maximum Gasteiger partial charge on any atom is 0.357 e. The molecule has 2 aromatic rings. The number of benzene rings is 1. The van der Waals surface area contributed by atoms with Gasteiger partial charge in [0.05, 0.1) is 7.11 Å². The maximum absolute atomic E-state index is 12.2. The van der Waals surface area contributed by atoms with E-state index < -0.39 is 11.7 Å². The standard InChI is InChI=1S/C12H10F2N2O2S2/c1-18-10(17)9-6-19-12(16-9)15-7-2-4-8(5-3-7)20-11(13)14/h2-6,11H,1H3,(H,15,16). The number of carbonyl (C=O) groups is 1. The molecular formula is C12H10F2N2O2S2. The Kier molecular flexibility index (Phi) is 4.91. The number of rotatable bonds is 5. The zero-order valence-corrected chi connectivity index (χ0v) is 11.9. The third kappa shape index (κ3) is 3.91. The predicted molar refractivity (Wildman–Crippen MR) is 75.0 cm³/mol. The summed E-state index contributed by atoms with van der Waals surface area (Å²) < 4.78 is 28.9. The molecule has 2 rings (SSSR count). The largest absolute Gasteiger partial charge is 0.464 e. The number of hydrogen-bond donors (Lipinski definition) is 1. The molecule has 0 amide bonds. The Morgan fingerprint density at radius 1 is 1.40 bits per heavy atom. The molecule has 0 aliphatic rings. The van der Waals surface area contributed by atoms with Gasteiger partial charge in [0, 0.05) is 16.0 Å². The van der Waals surface area contributed by atoms with Crippen molar-refractivity contribution in [1.82, 2.24) is 4.98 Å². The van der Waals surface area contributed by atoms with E-state index in [1.165, 1.54) is 18.4 Å². The zero-order valence-electron chi connectivity index (χ0n) is 10.3. The number of nitrogens with zero attached hydrogens (tertiary/aromatic N) is 1. The van der Waals surface area contributed by atoms with Crippen LogP contribution in [-0.4, -0.2) is 23.8 Å². The minimum absolute atomic E-state index is 0.227. The van der Waals surface area contributed by atoms with E-state index in [1.807, 2.05) is 0 Å². The van der Waals surface area contributed by atoms with Gasteiger partial charge in [-0.05, 0) is 24.3 Å². The molecule has 1 aromatic heterocycles. The van der Waals surface area contributed by atoms with Crippen molar-refractivity contribution in [3.05, 3.63) is 35.3 Å². The lowest BCUT2D eigenvalue weighted by atomic mass is 10.3. The molecule has 0 fully saturated rings. The van der Waals surface area contributed by atoms with Crippen LogP contribution in [0.1, 0.15) is 10.5 Å². The molecule has 0 aliphatic carbocycles. The van der Waals surface area contributed by atoms with Crippen molar-refractivity contribution in [3.63, 3.8) is 0 Å². The van der Waals surface area contributed by atoms with Crippen molar-refractivity contribution in [2.75, 3.05) is 12.4 Å². The second-order valence-corrected chi connectivity index (χ2v) is 5.48. The van der Waals surface area contributed by atoms with Crippen molar-refractivity contribution in [2.24, 2.45) is 0 Å². The molecule has 1 N–H and O–H groups in total. The quantitative estimate of drug-likeness (QED) is 0.668. The fourth-order valence-corrected chi connectivity index (χ4v) is 2.57. The number of thioether (sulfide) groups is 1. The summed E-state index contributed by atoms with van der Waals surface area (Å²) in [5.41, 5.74) is 0.930. The summed E-state index contributed by atoms with van der Waals surface area (Å²) in [6.45, 7) is 0. The van der Waals surface area contributed by atoms with E-state index in [4.69, 9.17) is 0 Å². The van der Waals surface area contributed by atoms with E-state index in [0.29, 0.717) is 27.5 Å². The van der Waals surface area contributed by atoms with Crippen LogP contribution >= 0.6 is 23.1 Å². The number of nitrogens with one attached hydrogen (secondary N) is 1. The van der Waals surface area contributed by atoms with Crippen LogP contribution < -0.4 is 5.32 Å². The van der Waals surface area contributed by atoms with Gasteiger partial charge in [0.15, 0.2) is 10.8 Å². The third-order valence-corrected chi connectivity index (χ3v) is 3.71. The Hall–Kier alpha value is -1.67. The highest BCUT2D eigenvalue weighted by molar-refractivity contribution is 7.99. The normalized spacial score (nSPS) is 10.6. The SMILES string of the molecule is COC(=O)c1csc(Nc2ccc(SC(F)F)cc2)n1. The molecule has 0 atom stereocenters. The fraction of sp³-hybridized carbons (Fsp3) is 0.167. The molecule has 4 nitrogen and oxygen atoms in total. The molecule has 0 saturated heterocycles. The molecule has 0 unspecified atom stereocenters. The number of hydrogen-bond acceptors (Lipinski definition) is 6. The smallest absolute Gasteiger partial charge is 0.357 e. The first-order chi connectivity index (χ1) is 9.58. The van der Waals surface area contributed by atoms with Crippen LogP contribution in [0.2, 0.25) is 0 Å². The highest BCUT2D eigenvalue weighted by Gasteiger charge is 2.11. The number of halogens is 2. The van der Waals surface area contributed by atoms with Gasteiger partial charge in [-0.1, -0.05) is 11.8 Å². The second-order valence-electron chi connectivity index (χ2n) is 3.56. The Balaban J connectivity index is 2.02. The average molecular weight is 316 g/mol. The summed E-state index contributed by atoms with van der Waals surface area (Å²) in [5.74, 6) is -2.94. The Bertz CT molecular complexity index is 587. The number of carbonyl (C=O) groups excluding carboxylic acids is 1. The van der Waals surface area contributed by atoms with E-state index in [-0.39, 0.29) is 5.69 Å². The lowest BCUT2D eigenvalue weighted by molar-refractivity contribution is 0.0595. The minimum Gasteiger partial charge on any atom is -0.464 e. The number of ether oxygens (including phenoxy) is 1. The number of alkyl halides is 2. The van der Waals surface area contributed by atoms with Crippen LogP contribution in [0.15, 0.2) is 34.5 Å². The summed E-state index contributed by atoms with van der Waals surface area (Å²) in [5, 5.41) is 5.09. The molecule has 8 heteroatoms. The van der Waals surface area contributed by atoms with Gasteiger partial charge >= 0.3 is 5.97 Å². The van der Waals surface area contributed by atoms with Crippen molar-refractivity contribution in [3.8, 4) is 0 Å². The zero-order chi connectivity index (χ0) is 14.5. The monoisotopic (exact) mass is 316 g/mol. The van der Waals surface area contributed by atoms with E-state index in [0.717, 1.165) is 0 Å². The van der Waals surface area contributed by atoms with Crippen LogP contribution in [0.5, 0.6) is 0 Å². The lowest BCUT2D eigenvalue weighted by Crippen LogP contribution is -2.01. The first-order valence-electron chi connectivity index (χ1n) is 5.44. The molecule has 0 saturated carbocycles. The molecule has 20 heavy (non-hydrogen) atoms. The highest BCUT2D eigenvalue weighted by Crippen LogP contribution is 2.27. The van der Waals surface area contributed by atoms with Crippen molar-refractivity contribution in [2.45, 2.75) is 10.7 Å². The van der Waals surface area contributed by atoms with Gasteiger partial charge in [0.2, 0.25) is 0 Å². The first kappa shape index (κ1) is 14.7. The van der Waals surface area contributed by atoms with E-state index in [1.54, 1.807) is 29.6 Å². The number of esters is 1. The van der Waals surface area contributed by atoms with E-state index in [9.17, 15) is 13.6 Å². The minimum atomic E-state index is -2.43. The molecule has 106 valence electrons. The third-order valence-electron chi connectivity index (χ3n) is 2.23. The van der Waals surface area contributed by atoms with Gasteiger partial charge in [-0.25, -0.2) is 9.78 Å². The molecule has 0 spiro atoms. The first-order valence-corrected chi connectivity index (χ1v) is 7.20. The number of methoxy groups -OCH3 is 1. The van der Waals surface area contributed by atoms with Crippen LogP contribution in [0.25, 0.3) is 0 Å². The Morgan fingerprint density at radius 3 is 2.70 bits per heavy atom. The van der Waals surface area contributed by atoms with Gasteiger partial charge in [-0.2, -0.15) is 8.78 Å². The van der Waals surface area contributed by atoms with Gasteiger partial charge in [0.1, 0.15) is 0 Å². The Labute approximate surface area is 122 Å². The number of thiazole rings is 1. The van der Waals surface area contributed by atoms with Crippen LogP contribution in [0, 0.1) is 0 Å². The molecule has 1 heterocycles. The summed E-state index contributed by atoms with van der Waals surface area (Å²) >= 11 is 1.74. The Morgan fingerprint density at radius 2 is 2.10 bits per heavy atom. The highest BCUT2D eigenvalue weighted by atomic mass is 32.2. The van der Waals surface area contributed by atoms with Crippen LogP contribution in [0.3, 0.4) is 0 Å². The van der Waals surface area contributed by atoms with E-state index >= 15 is 0 Å². The average Bonchev–Trinajstić information content (AvgIpc) is 2.88. The fourth-order valence-electron chi connectivity index (χ4n) is 1.37. The van der Waals surface area contributed by atoms with Gasteiger partial charge in [-0.15, -0.1) is 11.3 Å². The maximum atomic E-state index is 12.2. The predicted octanol–water partition coefficient (Wildman–Crippen LogP) is 3.99. The number of aromatic nitrogens is 1. The second kappa shape index (κ2) is 6.67. The summed E-state index contributed by atoms with van der Waals surface area (Å²) in [4.78, 5) is 15.8. The summed E-state index contributed by atoms with van der Waals surface area (Å²) in [6.07, 6.45) is 0.